The highest BCUT2D eigenvalue weighted by Crippen LogP contribution is 2.21. The average molecular weight is 368 g/mol. The molecule has 0 saturated carbocycles. The molecule has 1 aromatic carbocycles. The Bertz CT molecular complexity index is 1070. The van der Waals surface area contributed by atoms with E-state index in [0.717, 1.165) is 22.2 Å². The van der Waals surface area contributed by atoms with E-state index in [1.54, 1.807) is 29.9 Å². The maximum Gasteiger partial charge on any atom is 0.253 e. The van der Waals surface area contributed by atoms with Crippen molar-refractivity contribution >= 4 is 16.9 Å². The lowest BCUT2D eigenvalue weighted by Gasteiger charge is -2.15. The van der Waals surface area contributed by atoms with Gasteiger partial charge in [-0.25, -0.2) is 0 Å². The lowest BCUT2D eigenvalue weighted by molar-refractivity contribution is -0.121. The summed E-state index contributed by atoms with van der Waals surface area (Å²) in [4.78, 5) is 27.7. The SMILES string of the molecule is Cc1nn(C)c2[nH]c(=O)c(CCC(=O)N[C@H](C)c3cccc(O)c3)c(C)c12. The summed E-state index contributed by atoms with van der Waals surface area (Å²) in [6.07, 6.45) is 0.557. The monoisotopic (exact) mass is 368 g/mol. The predicted octanol–water partition coefficient (Wildman–Crippen LogP) is 2.39. The summed E-state index contributed by atoms with van der Waals surface area (Å²) < 4.78 is 1.66. The molecule has 0 saturated heterocycles. The van der Waals surface area contributed by atoms with Crippen LogP contribution in [0.1, 0.15) is 41.8 Å². The van der Waals surface area contributed by atoms with Crippen molar-refractivity contribution in [1.29, 1.82) is 0 Å². The molecule has 0 bridgehead atoms. The van der Waals surface area contributed by atoms with Gasteiger partial charge in [-0.2, -0.15) is 5.10 Å². The van der Waals surface area contributed by atoms with E-state index >= 15 is 0 Å². The Balaban J connectivity index is 1.74. The number of fused-ring (bicyclic) bond motifs is 1. The van der Waals surface area contributed by atoms with Gasteiger partial charge in [0.25, 0.3) is 5.56 Å². The first-order valence-electron chi connectivity index (χ1n) is 8.91. The molecule has 0 fully saturated rings. The molecule has 0 spiro atoms. The molecule has 7 heteroatoms. The van der Waals surface area contributed by atoms with Gasteiger partial charge in [0.1, 0.15) is 11.4 Å². The van der Waals surface area contributed by atoms with Crippen molar-refractivity contribution in [3.63, 3.8) is 0 Å². The number of hydrogen-bond acceptors (Lipinski definition) is 4. The Morgan fingerprint density at radius 3 is 2.81 bits per heavy atom. The molecule has 1 amide bonds. The number of phenolic OH excluding ortho intramolecular Hbond substituents is 1. The number of aromatic nitrogens is 3. The molecule has 142 valence electrons. The second-order valence-corrected chi connectivity index (χ2v) is 6.87. The number of hydrogen-bond donors (Lipinski definition) is 3. The third-order valence-corrected chi connectivity index (χ3v) is 4.91. The summed E-state index contributed by atoms with van der Waals surface area (Å²) in [5.41, 5.74) is 3.67. The lowest BCUT2D eigenvalue weighted by atomic mass is 10.0. The van der Waals surface area contributed by atoms with E-state index in [4.69, 9.17) is 0 Å². The van der Waals surface area contributed by atoms with Gasteiger partial charge in [-0.05, 0) is 50.5 Å². The largest absolute Gasteiger partial charge is 0.508 e. The predicted molar refractivity (Wildman–Crippen MR) is 104 cm³/mol. The van der Waals surface area contributed by atoms with E-state index in [1.165, 1.54) is 0 Å². The molecule has 0 radical (unpaired) electrons. The number of nitrogens with one attached hydrogen (secondary N) is 2. The molecular weight excluding hydrogens is 344 g/mol. The van der Waals surface area contributed by atoms with Gasteiger partial charge in [0.05, 0.1) is 11.7 Å². The number of aryl methyl sites for hydroxylation is 3. The number of H-pyrrole nitrogens is 1. The van der Waals surface area contributed by atoms with Crippen molar-refractivity contribution in [2.24, 2.45) is 7.05 Å². The van der Waals surface area contributed by atoms with Crippen molar-refractivity contribution < 1.29 is 9.90 Å². The molecule has 2 heterocycles. The van der Waals surface area contributed by atoms with Crippen LogP contribution in [0.25, 0.3) is 11.0 Å². The van der Waals surface area contributed by atoms with Crippen molar-refractivity contribution in [1.82, 2.24) is 20.1 Å². The van der Waals surface area contributed by atoms with Crippen LogP contribution < -0.4 is 10.9 Å². The van der Waals surface area contributed by atoms with Gasteiger partial charge in [0.2, 0.25) is 5.91 Å². The summed E-state index contributed by atoms with van der Waals surface area (Å²) in [6, 6.07) is 6.56. The second kappa shape index (κ2) is 7.26. The molecule has 0 unspecified atom stereocenters. The van der Waals surface area contributed by atoms with Crippen molar-refractivity contribution in [2.45, 2.75) is 39.7 Å². The van der Waals surface area contributed by atoms with Crippen LogP contribution in [-0.2, 0) is 18.3 Å². The van der Waals surface area contributed by atoms with Crippen LogP contribution in [0.15, 0.2) is 29.1 Å². The summed E-state index contributed by atoms with van der Waals surface area (Å²) in [7, 11) is 1.79. The number of benzene rings is 1. The molecule has 7 nitrogen and oxygen atoms in total. The van der Waals surface area contributed by atoms with Gasteiger partial charge in [0.15, 0.2) is 0 Å². The highest BCUT2D eigenvalue weighted by molar-refractivity contribution is 5.83. The average Bonchev–Trinajstić information content (AvgIpc) is 2.88. The highest BCUT2D eigenvalue weighted by atomic mass is 16.3. The van der Waals surface area contributed by atoms with E-state index in [0.29, 0.717) is 17.6 Å². The van der Waals surface area contributed by atoms with E-state index in [2.05, 4.69) is 15.4 Å². The standard InChI is InChI=1S/C20H24N4O3/c1-11-16(20(27)22-19-18(11)13(3)23-24(19)4)8-9-17(26)21-12(2)14-6-5-7-15(25)10-14/h5-7,10,12,25H,8-9H2,1-4H3,(H,21,26)(H,22,27)/t12-/m1/s1. The third kappa shape index (κ3) is 3.72. The summed E-state index contributed by atoms with van der Waals surface area (Å²) in [5.74, 6) is 0.0172. The van der Waals surface area contributed by atoms with Gasteiger partial charge < -0.3 is 15.4 Å². The molecule has 0 aliphatic rings. The minimum atomic E-state index is -0.230. The molecule has 1 atom stereocenters. The Morgan fingerprint density at radius 1 is 1.37 bits per heavy atom. The highest BCUT2D eigenvalue weighted by Gasteiger charge is 2.16. The zero-order valence-corrected chi connectivity index (χ0v) is 16.0. The Labute approximate surface area is 157 Å². The fourth-order valence-corrected chi connectivity index (χ4v) is 3.49. The Kier molecular flexibility index (Phi) is 5.03. The summed E-state index contributed by atoms with van der Waals surface area (Å²) in [6.45, 7) is 5.66. The van der Waals surface area contributed by atoms with Crippen molar-refractivity contribution in [3.05, 3.63) is 57.0 Å². The third-order valence-electron chi connectivity index (χ3n) is 4.91. The van der Waals surface area contributed by atoms with Crippen LogP contribution in [0.3, 0.4) is 0 Å². The van der Waals surface area contributed by atoms with Gasteiger partial charge >= 0.3 is 0 Å². The number of carbonyl (C=O) groups excluding carboxylic acids is 1. The molecule has 3 rings (SSSR count). The first-order chi connectivity index (χ1) is 12.8. The van der Waals surface area contributed by atoms with Crippen LogP contribution in [-0.4, -0.2) is 25.8 Å². The maximum atomic E-state index is 12.5. The Morgan fingerprint density at radius 2 is 2.11 bits per heavy atom. The van der Waals surface area contributed by atoms with E-state index in [-0.39, 0.29) is 29.7 Å². The maximum absolute atomic E-state index is 12.5. The minimum absolute atomic E-state index is 0.146. The number of aromatic hydroxyl groups is 1. The molecule has 2 aromatic heterocycles. The smallest absolute Gasteiger partial charge is 0.253 e. The molecule has 0 aliphatic heterocycles. The van der Waals surface area contributed by atoms with Gasteiger partial charge in [-0.15, -0.1) is 0 Å². The van der Waals surface area contributed by atoms with Crippen LogP contribution in [0.2, 0.25) is 0 Å². The number of pyridine rings is 1. The van der Waals surface area contributed by atoms with Gasteiger partial charge in [-0.3, -0.25) is 14.3 Å². The molecule has 3 aromatic rings. The van der Waals surface area contributed by atoms with Crippen LogP contribution in [0.5, 0.6) is 5.75 Å². The first-order valence-corrected chi connectivity index (χ1v) is 8.91. The lowest BCUT2D eigenvalue weighted by Crippen LogP contribution is -2.27. The fraction of sp³-hybridized carbons (Fsp3) is 0.350. The topological polar surface area (TPSA) is 100 Å². The first kappa shape index (κ1) is 18.7. The van der Waals surface area contributed by atoms with Crippen LogP contribution >= 0.6 is 0 Å². The molecule has 27 heavy (non-hydrogen) atoms. The van der Waals surface area contributed by atoms with Gasteiger partial charge in [0, 0.05) is 24.4 Å². The minimum Gasteiger partial charge on any atom is -0.508 e. The number of phenols is 1. The molecular formula is C20H24N4O3. The van der Waals surface area contributed by atoms with Crippen molar-refractivity contribution in [3.8, 4) is 5.75 Å². The second-order valence-electron chi connectivity index (χ2n) is 6.87. The summed E-state index contributed by atoms with van der Waals surface area (Å²) in [5, 5.41) is 17.8. The van der Waals surface area contributed by atoms with Crippen molar-refractivity contribution in [2.75, 3.05) is 0 Å². The number of aromatic amines is 1. The van der Waals surface area contributed by atoms with Gasteiger partial charge in [-0.1, -0.05) is 12.1 Å². The quantitative estimate of drug-likeness (QED) is 0.644. The van der Waals surface area contributed by atoms with E-state index < -0.39 is 0 Å². The van der Waals surface area contributed by atoms with E-state index in [1.807, 2.05) is 26.8 Å². The Hall–Kier alpha value is -3.09. The zero-order chi connectivity index (χ0) is 19.7. The number of rotatable bonds is 5. The molecule has 3 N–H and O–H groups in total. The zero-order valence-electron chi connectivity index (χ0n) is 16.0. The normalized spacial score (nSPS) is 12.3. The number of carbonyl (C=O) groups is 1. The molecule has 0 aliphatic carbocycles. The number of nitrogens with zero attached hydrogens (tertiary/aromatic N) is 2. The van der Waals surface area contributed by atoms with Crippen LogP contribution in [0, 0.1) is 13.8 Å². The van der Waals surface area contributed by atoms with Crippen LogP contribution in [0.4, 0.5) is 0 Å². The number of amides is 1. The van der Waals surface area contributed by atoms with E-state index in [9.17, 15) is 14.7 Å². The summed E-state index contributed by atoms with van der Waals surface area (Å²) >= 11 is 0. The fourth-order valence-electron chi connectivity index (χ4n) is 3.49.